The van der Waals surface area contributed by atoms with Crippen molar-refractivity contribution in [1.29, 1.82) is 0 Å². The van der Waals surface area contributed by atoms with Crippen molar-refractivity contribution >= 4 is 18.2 Å². The lowest BCUT2D eigenvalue weighted by molar-refractivity contribution is -0.155. The van der Waals surface area contributed by atoms with E-state index in [0.29, 0.717) is 32.4 Å². The highest BCUT2D eigenvalue weighted by atomic mass is 16.6. The topological polar surface area (TPSA) is 63.7 Å². The molecule has 2 aliphatic rings. The molecular weight excluding hydrogens is 282 g/mol. The van der Waals surface area contributed by atoms with Crippen molar-refractivity contribution in [2.45, 2.75) is 65.4 Å². The Morgan fingerprint density at radius 2 is 1.82 bits per heavy atom. The second-order valence-corrected chi connectivity index (χ2v) is 8.13. The van der Waals surface area contributed by atoms with E-state index in [-0.39, 0.29) is 22.7 Å². The molecule has 0 radical (unpaired) electrons. The van der Waals surface area contributed by atoms with E-state index in [1.165, 1.54) is 0 Å². The molecule has 0 aromatic heterocycles. The normalized spacial score (nSPS) is 21.7. The number of hydrogen-bond acceptors (Lipinski definition) is 4. The molecule has 0 N–H and O–H groups in total. The summed E-state index contributed by atoms with van der Waals surface area (Å²) in [6.45, 7) is 8.80. The molecule has 1 saturated heterocycles. The van der Waals surface area contributed by atoms with E-state index in [4.69, 9.17) is 4.74 Å². The SMILES string of the molecule is CCC(=O)CC1(CC=O)CC2(CN(C(=O)OC(C)(C)C)C2)C1. The molecule has 0 bridgehead atoms. The Morgan fingerprint density at radius 1 is 1.23 bits per heavy atom. The lowest BCUT2D eigenvalue weighted by Crippen LogP contribution is -2.67. The molecule has 0 aromatic rings. The molecule has 1 aliphatic carbocycles. The largest absolute Gasteiger partial charge is 0.444 e. The molecule has 2 fully saturated rings. The summed E-state index contributed by atoms with van der Waals surface area (Å²) >= 11 is 0. The molecule has 1 heterocycles. The highest BCUT2D eigenvalue weighted by Crippen LogP contribution is 2.62. The van der Waals surface area contributed by atoms with E-state index in [2.05, 4.69) is 0 Å². The van der Waals surface area contributed by atoms with Crippen molar-refractivity contribution in [3.63, 3.8) is 0 Å². The number of nitrogens with zero attached hydrogens (tertiary/aromatic N) is 1. The molecule has 124 valence electrons. The van der Waals surface area contributed by atoms with E-state index >= 15 is 0 Å². The molecule has 0 unspecified atom stereocenters. The number of hydrogen-bond donors (Lipinski definition) is 0. The number of carbonyl (C=O) groups excluding carboxylic acids is 3. The van der Waals surface area contributed by atoms with Crippen molar-refractivity contribution in [2.75, 3.05) is 13.1 Å². The van der Waals surface area contributed by atoms with Crippen LogP contribution in [-0.2, 0) is 14.3 Å². The van der Waals surface area contributed by atoms with E-state index in [9.17, 15) is 14.4 Å². The Bertz CT molecular complexity index is 464. The van der Waals surface area contributed by atoms with Crippen molar-refractivity contribution in [1.82, 2.24) is 4.90 Å². The second-order valence-electron chi connectivity index (χ2n) is 8.13. The molecule has 22 heavy (non-hydrogen) atoms. The Morgan fingerprint density at radius 3 is 2.27 bits per heavy atom. The Balaban J connectivity index is 1.87. The average Bonchev–Trinajstić information content (AvgIpc) is 2.29. The Kier molecular flexibility index (Phi) is 4.37. The average molecular weight is 309 g/mol. The van der Waals surface area contributed by atoms with Crippen molar-refractivity contribution < 1.29 is 19.1 Å². The number of aldehydes is 1. The fourth-order valence-corrected chi connectivity index (χ4v) is 4.04. The van der Waals surface area contributed by atoms with Crippen LogP contribution in [0.5, 0.6) is 0 Å². The molecule has 5 nitrogen and oxygen atoms in total. The number of Topliss-reactive ketones (excluding diaryl/α,β-unsaturated/α-hetero) is 1. The number of likely N-dealkylation sites (tertiary alicyclic amines) is 1. The van der Waals surface area contributed by atoms with Gasteiger partial charge in [-0.05, 0) is 39.0 Å². The molecule has 0 aromatic carbocycles. The summed E-state index contributed by atoms with van der Waals surface area (Å²) in [5, 5.41) is 0. The molecule has 2 rings (SSSR count). The number of ketones is 1. The van der Waals surface area contributed by atoms with Crippen molar-refractivity contribution in [2.24, 2.45) is 10.8 Å². The summed E-state index contributed by atoms with van der Waals surface area (Å²) in [7, 11) is 0. The van der Waals surface area contributed by atoms with Gasteiger partial charge < -0.3 is 14.4 Å². The zero-order valence-corrected chi connectivity index (χ0v) is 14.1. The Hall–Kier alpha value is -1.39. The van der Waals surface area contributed by atoms with Crippen LogP contribution in [0, 0.1) is 10.8 Å². The third-order valence-electron chi connectivity index (χ3n) is 4.69. The van der Waals surface area contributed by atoms with Crippen LogP contribution < -0.4 is 0 Å². The smallest absolute Gasteiger partial charge is 0.410 e. The molecule has 1 amide bonds. The van der Waals surface area contributed by atoms with Crippen LogP contribution in [0.15, 0.2) is 0 Å². The summed E-state index contributed by atoms with van der Waals surface area (Å²) in [4.78, 5) is 36.4. The molecule has 1 spiro atoms. The summed E-state index contributed by atoms with van der Waals surface area (Å²) in [5.41, 5.74) is -0.531. The minimum absolute atomic E-state index is 0.105. The fraction of sp³-hybridized carbons (Fsp3) is 0.824. The molecule has 1 saturated carbocycles. The minimum atomic E-state index is -0.478. The number of amides is 1. The van der Waals surface area contributed by atoms with Crippen LogP contribution in [0.25, 0.3) is 0 Å². The number of rotatable bonds is 5. The summed E-state index contributed by atoms with van der Waals surface area (Å²) in [5.74, 6) is 0.222. The van der Waals surface area contributed by atoms with Crippen LogP contribution in [0.1, 0.15) is 59.8 Å². The third kappa shape index (κ3) is 3.50. The zero-order valence-electron chi connectivity index (χ0n) is 14.1. The highest BCUT2D eigenvalue weighted by molar-refractivity contribution is 5.79. The number of carbonyl (C=O) groups is 3. The van der Waals surface area contributed by atoms with Crippen LogP contribution in [0.3, 0.4) is 0 Å². The maximum atomic E-state index is 12.0. The minimum Gasteiger partial charge on any atom is -0.444 e. The quantitative estimate of drug-likeness (QED) is 0.732. The van der Waals surface area contributed by atoms with E-state index in [1.54, 1.807) is 4.90 Å². The molecule has 0 atom stereocenters. The van der Waals surface area contributed by atoms with E-state index < -0.39 is 5.60 Å². The van der Waals surface area contributed by atoms with Crippen molar-refractivity contribution in [3.05, 3.63) is 0 Å². The Labute approximate surface area is 132 Å². The maximum absolute atomic E-state index is 12.0. The molecule has 5 heteroatoms. The van der Waals surface area contributed by atoms with E-state index in [0.717, 1.165) is 19.1 Å². The summed E-state index contributed by atoms with van der Waals surface area (Å²) in [6.07, 6.45) is 3.87. The van der Waals surface area contributed by atoms with Gasteiger partial charge in [0.15, 0.2) is 0 Å². The first-order valence-electron chi connectivity index (χ1n) is 8.06. The maximum Gasteiger partial charge on any atom is 0.410 e. The summed E-state index contributed by atoms with van der Waals surface area (Å²) in [6, 6.07) is 0. The van der Waals surface area contributed by atoms with Gasteiger partial charge in [0.1, 0.15) is 17.7 Å². The molecule has 1 aliphatic heterocycles. The number of ether oxygens (including phenoxy) is 1. The van der Waals surface area contributed by atoms with Gasteiger partial charge in [0.05, 0.1) is 0 Å². The second kappa shape index (κ2) is 5.67. The van der Waals surface area contributed by atoms with Gasteiger partial charge in [-0.25, -0.2) is 4.79 Å². The van der Waals surface area contributed by atoms with E-state index in [1.807, 2.05) is 27.7 Å². The first kappa shape index (κ1) is 17.0. The summed E-state index contributed by atoms with van der Waals surface area (Å²) < 4.78 is 5.36. The lowest BCUT2D eigenvalue weighted by Gasteiger charge is -2.63. The first-order chi connectivity index (χ1) is 10.1. The van der Waals surface area contributed by atoms with Crippen LogP contribution >= 0.6 is 0 Å². The standard InChI is InChI=1S/C17H27NO4/c1-5-13(20)8-16(6-7-19)9-17(10-16)11-18(12-17)14(21)22-15(2,3)4/h7H,5-6,8-12H2,1-4H3. The van der Waals surface area contributed by atoms with Gasteiger partial charge in [-0.1, -0.05) is 6.92 Å². The predicted molar refractivity (Wildman–Crippen MR) is 82.5 cm³/mol. The lowest BCUT2D eigenvalue weighted by atomic mass is 9.47. The van der Waals surface area contributed by atoms with Gasteiger partial charge in [0, 0.05) is 37.8 Å². The van der Waals surface area contributed by atoms with Gasteiger partial charge in [0.25, 0.3) is 0 Å². The van der Waals surface area contributed by atoms with Crippen LogP contribution in [-0.4, -0.2) is 41.8 Å². The first-order valence-corrected chi connectivity index (χ1v) is 8.06. The fourth-order valence-electron chi connectivity index (χ4n) is 4.04. The van der Waals surface area contributed by atoms with Gasteiger partial charge in [-0.2, -0.15) is 0 Å². The highest BCUT2D eigenvalue weighted by Gasteiger charge is 2.61. The monoisotopic (exact) mass is 309 g/mol. The van der Waals surface area contributed by atoms with Crippen LogP contribution in [0.2, 0.25) is 0 Å². The predicted octanol–water partition coefficient (Wildman–Crippen LogP) is 2.96. The van der Waals surface area contributed by atoms with Gasteiger partial charge >= 0.3 is 6.09 Å². The van der Waals surface area contributed by atoms with Crippen molar-refractivity contribution in [3.8, 4) is 0 Å². The van der Waals surface area contributed by atoms with Gasteiger partial charge in [-0.15, -0.1) is 0 Å². The zero-order chi connectivity index (χ0) is 16.6. The van der Waals surface area contributed by atoms with Gasteiger partial charge in [-0.3, -0.25) is 4.79 Å². The molecular formula is C17H27NO4. The third-order valence-corrected chi connectivity index (χ3v) is 4.69. The van der Waals surface area contributed by atoms with Gasteiger partial charge in [0.2, 0.25) is 0 Å². The van der Waals surface area contributed by atoms with Crippen LogP contribution in [0.4, 0.5) is 4.79 Å².